The molecule has 7 nitrogen and oxygen atoms in total. The molecule has 1 unspecified atom stereocenters. The van der Waals surface area contributed by atoms with Crippen LogP contribution in [0.1, 0.15) is 34.0 Å². The second-order valence-corrected chi connectivity index (χ2v) is 8.13. The van der Waals surface area contributed by atoms with Gasteiger partial charge >= 0.3 is 0 Å². The van der Waals surface area contributed by atoms with Crippen LogP contribution in [0.5, 0.6) is 0 Å². The molecule has 1 aliphatic heterocycles. The number of carbonyl (C=O) groups is 2. The number of likely N-dealkylation sites (tertiary alicyclic amines) is 1. The Morgan fingerprint density at radius 2 is 1.86 bits per heavy atom. The number of hydrogen-bond donors (Lipinski definition) is 0. The van der Waals surface area contributed by atoms with E-state index in [2.05, 4.69) is 9.97 Å². The van der Waals surface area contributed by atoms with E-state index in [1.54, 1.807) is 32.4 Å². The number of rotatable bonds is 5. The quantitative estimate of drug-likeness (QED) is 0.750. The number of carbonyl (C=O) groups excluding carboxylic acids is 2. The van der Waals surface area contributed by atoms with Gasteiger partial charge in [-0.25, -0.2) is 9.97 Å². The van der Waals surface area contributed by atoms with Crippen LogP contribution in [0.4, 0.5) is 5.95 Å². The first-order valence-corrected chi connectivity index (χ1v) is 9.92. The summed E-state index contributed by atoms with van der Waals surface area (Å²) in [5.41, 5.74) is 2.14. The maximum absolute atomic E-state index is 12.8. The minimum absolute atomic E-state index is 0.00441. The van der Waals surface area contributed by atoms with Crippen molar-refractivity contribution in [2.24, 2.45) is 0 Å². The van der Waals surface area contributed by atoms with Crippen molar-refractivity contribution in [2.45, 2.75) is 18.8 Å². The van der Waals surface area contributed by atoms with Crippen LogP contribution in [0.2, 0.25) is 5.02 Å². The summed E-state index contributed by atoms with van der Waals surface area (Å²) in [6.45, 7) is 1.19. The summed E-state index contributed by atoms with van der Waals surface area (Å²) in [6.07, 6.45) is 2.70. The summed E-state index contributed by atoms with van der Waals surface area (Å²) < 4.78 is 0. The topological polar surface area (TPSA) is 69.6 Å². The second kappa shape index (κ2) is 8.78. The Kier molecular flexibility index (Phi) is 6.37. The van der Waals surface area contributed by atoms with Crippen LogP contribution in [0.3, 0.4) is 0 Å². The second-order valence-electron chi connectivity index (χ2n) is 7.69. The fourth-order valence-electron chi connectivity index (χ4n) is 3.42. The lowest BCUT2D eigenvalue weighted by molar-refractivity contribution is -0.129. The molecule has 29 heavy (non-hydrogen) atoms. The molecular formula is C21H26ClN5O2. The van der Waals surface area contributed by atoms with Crippen LogP contribution in [-0.4, -0.2) is 72.9 Å². The molecule has 1 atom stereocenters. The van der Waals surface area contributed by atoms with Gasteiger partial charge in [-0.05, 0) is 24.1 Å². The molecule has 1 saturated heterocycles. The third kappa shape index (κ3) is 4.85. The van der Waals surface area contributed by atoms with Crippen molar-refractivity contribution < 1.29 is 9.59 Å². The van der Waals surface area contributed by atoms with Crippen molar-refractivity contribution in [1.29, 1.82) is 0 Å². The zero-order valence-electron chi connectivity index (χ0n) is 17.2. The predicted molar refractivity (Wildman–Crippen MR) is 113 cm³/mol. The van der Waals surface area contributed by atoms with Gasteiger partial charge in [0.2, 0.25) is 11.9 Å². The van der Waals surface area contributed by atoms with E-state index in [1.807, 2.05) is 36.0 Å². The number of aromatic nitrogens is 2. The van der Waals surface area contributed by atoms with Gasteiger partial charge in [-0.2, -0.15) is 0 Å². The van der Waals surface area contributed by atoms with E-state index < -0.39 is 0 Å². The third-order valence-electron chi connectivity index (χ3n) is 5.04. The summed E-state index contributed by atoms with van der Waals surface area (Å²) in [5, 5.41) is 0.654. The van der Waals surface area contributed by atoms with Gasteiger partial charge in [-0.3, -0.25) is 9.59 Å². The van der Waals surface area contributed by atoms with Gasteiger partial charge in [0, 0.05) is 58.4 Å². The van der Waals surface area contributed by atoms with Crippen LogP contribution in [0.15, 0.2) is 30.5 Å². The normalized spacial score (nSPS) is 16.0. The van der Waals surface area contributed by atoms with Crippen LogP contribution >= 0.6 is 11.6 Å². The molecule has 1 aliphatic rings. The maximum Gasteiger partial charge on any atom is 0.256 e. The number of nitrogens with zero attached hydrogens (tertiary/aromatic N) is 5. The fraction of sp³-hybridized carbons (Fsp3) is 0.429. The van der Waals surface area contributed by atoms with Crippen molar-refractivity contribution in [1.82, 2.24) is 19.8 Å². The Hall–Kier alpha value is -2.67. The van der Waals surface area contributed by atoms with Gasteiger partial charge in [0.05, 0.1) is 17.7 Å². The minimum atomic E-state index is -0.128. The smallest absolute Gasteiger partial charge is 0.256 e. The molecule has 2 heterocycles. The largest absolute Gasteiger partial charge is 0.347 e. The third-order valence-corrected chi connectivity index (χ3v) is 5.29. The number of halogens is 1. The molecule has 3 rings (SSSR count). The van der Waals surface area contributed by atoms with Gasteiger partial charge in [-0.1, -0.05) is 23.7 Å². The lowest BCUT2D eigenvalue weighted by atomic mass is 9.99. The van der Waals surface area contributed by atoms with Crippen molar-refractivity contribution >= 4 is 29.4 Å². The SMILES string of the molecule is CN(C)C(=O)c1cnc(N(C)C)nc1C1CCN(C(=O)Cc2ccc(Cl)cc2)C1. The summed E-state index contributed by atoms with van der Waals surface area (Å²) in [7, 11) is 7.15. The molecule has 0 N–H and O–H groups in total. The summed E-state index contributed by atoms with van der Waals surface area (Å²) >= 11 is 5.92. The Morgan fingerprint density at radius 1 is 1.17 bits per heavy atom. The fourth-order valence-corrected chi connectivity index (χ4v) is 3.54. The Bertz CT molecular complexity index is 898. The first-order valence-electron chi connectivity index (χ1n) is 9.54. The molecule has 154 valence electrons. The predicted octanol–water partition coefficient (Wildman–Crippen LogP) is 2.46. The van der Waals surface area contributed by atoms with E-state index in [9.17, 15) is 9.59 Å². The van der Waals surface area contributed by atoms with E-state index in [0.717, 1.165) is 12.0 Å². The van der Waals surface area contributed by atoms with E-state index in [-0.39, 0.29) is 17.7 Å². The van der Waals surface area contributed by atoms with Crippen LogP contribution in [0.25, 0.3) is 0 Å². The number of anilines is 1. The summed E-state index contributed by atoms with van der Waals surface area (Å²) in [4.78, 5) is 39.5. The average molecular weight is 416 g/mol. The van der Waals surface area contributed by atoms with E-state index >= 15 is 0 Å². The molecule has 2 amide bonds. The van der Waals surface area contributed by atoms with Crippen LogP contribution < -0.4 is 4.90 Å². The highest BCUT2D eigenvalue weighted by Gasteiger charge is 2.32. The first-order chi connectivity index (χ1) is 13.8. The molecule has 1 aromatic heterocycles. The Morgan fingerprint density at radius 3 is 2.48 bits per heavy atom. The highest BCUT2D eigenvalue weighted by Crippen LogP contribution is 2.30. The molecule has 8 heteroatoms. The Labute approximate surface area is 176 Å². The van der Waals surface area contributed by atoms with Crippen LogP contribution in [-0.2, 0) is 11.2 Å². The lowest BCUT2D eigenvalue weighted by Gasteiger charge is -2.20. The Balaban J connectivity index is 1.79. The summed E-state index contributed by atoms with van der Waals surface area (Å²) in [5.74, 6) is 0.499. The van der Waals surface area contributed by atoms with Gasteiger partial charge in [0.1, 0.15) is 0 Å². The highest BCUT2D eigenvalue weighted by atomic mass is 35.5. The van der Waals surface area contributed by atoms with Crippen LogP contribution in [0, 0.1) is 0 Å². The molecule has 0 spiro atoms. The monoisotopic (exact) mass is 415 g/mol. The van der Waals surface area contributed by atoms with Gasteiger partial charge in [0.25, 0.3) is 5.91 Å². The van der Waals surface area contributed by atoms with Crippen molar-refractivity contribution in [3.8, 4) is 0 Å². The summed E-state index contributed by atoms with van der Waals surface area (Å²) in [6, 6.07) is 7.32. The zero-order valence-corrected chi connectivity index (χ0v) is 18.0. The van der Waals surface area contributed by atoms with E-state index in [4.69, 9.17) is 11.6 Å². The van der Waals surface area contributed by atoms with Crippen molar-refractivity contribution in [3.05, 3.63) is 52.3 Å². The lowest BCUT2D eigenvalue weighted by Crippen LogP contribution is -2.30. The number of hydrogen-bond acceptors (Lipinski definition) is 5. The minimum Gasteiger partial charge on any atom is -0.347 e. The van der Waals surface area contributed by atoms with Crippen molar-refractivity contribution in [3.63, 3.8) is 0 Å². The molecule has 0 radical (unpaired) electrons. The zero-order chi connectivity index (χ0) is 21.1. The van der Waals surface area contributed by atoms with E-state index in [1.165, 1.54) is 4.90 Å². The molecule has 0 saturated carbocycles. The number of benzene rings is 1. The van der Waals surface area contributed by atoms with Gasteiger partial charge < -0.3 is 14.7 Å². The molecule has 0 aliphatic carbocycles. The van der Waals surface area contributed by atoms with Gasteiger partial charge in [-0.15, -0.1) is 0 Å². The van der Waals surface area contributed by atoms with Gasteiger partial charge in [0.15, 0.2) is 0 Å². The van der Waals surface area contributed by atoms with E-state index in [0.29, 0.717) is 41.7 Å². The first kappa shape index (κ1) is 21.0. The maximum atomic E-state index is 12.8. The molecule has 1 aromatic carbocycles. The average Bonchev–Trinajstić information content (AvgIpc) is 3.19. The molecular weight excluding hydrogens is 390 g/mol. The van der Waals surface area contributed by atoms with Crippen molar-refractivity contribution in [2.75, 3.05) is 46.2 Å². The molecule has 2 aromatic rings. The highest BCUT2D eigenvalue weighted by molar-refractivity contribution is 6.30. The standard InChI is InChI=1S/C21H26ClN5O2/c1-25(2)20(29)17-12-23-21(26(3)4)24-19(17)15-9-10-27(13-15)18(28)11-14-5-7-16(22)8-6-14/h5-8,12,15H,9-11,13H2,1-4H3. The molecule has 1 fully saturated rings. The molecule has 0 bridgehead atoms. The number of amides is 2.